The fourth-order valence-electron chi connectivity index (χ4n) is 5.17. The van der Waals surface area contributed by atoms with Crippen LogP contribution in [0.25, 0.3) is 22.7 Å². The lowest BCUT2D eigenvalue weighted by molar-refractivity contribution is 0.00367. The number of rotatable bonds is 6. The summed E-state index contributed by atoms with van der Waals surface area (Å²) in [5.41, 5.74) is 3.15. The fraction of sp³-hybridized carbons (Fsp3) is 0.385. The number of anilines is 1. The lowest BCUT2D eigenvalue weighted by atomic mass is 10.00. The second-order valence-electron chi connectivity index (χ2n) is 9.44. The average Bonchev–Trinajstić information content (AvgIpc) is 3.49. The van der Waals surface area contributed by atoms with Crippen molar-refractivity contribution in [2.75, 3.05) is 31.2 Å². The lowest BCUT2D eigenvalue weighted by Crippen LogP contribution is -2.56. The van der Waals surface area contributed by atoms with Crippen LogP contribution < -0.4 is 10.2 Å². The van der Waals surface area contributed by atoms with E-state index in [-0.39, 0.29) is 17.1 Å². The molecule has 5 heterocycles. The average molecular weight is 505 g/mol. The number of halogens is 2. The minimum Gasteiger partial charge on any atom is -0.377 e. The van der Waals surface area contributed by atoms with Crippen molar-refractivity contribution in [2.45, 2.75) is 38.3 Å². The molecule has 9 nitrogen and oxygen atoms in total. The molecule has 37 heavy (non-hydrogen) atoms. The van der Waals surface area contributed by atoms with Crippen molar-refractivity contribution >= 4 is 16.7 Å². The summed E-state index contributed by atoms with van der Waals surface area (Å²) in [6.45, 7) is 5.13. The van der Waals surface area contributed by atoms with Gasteiger partial charge >= 0.3 is 0 Å². The van der Waals surface area contributed by atoms with Crippen LogP contribution in [-0.4, -0.2) is 62.7 Å². The number of nitriles is 1. The van der Waals surface area contributed by atoms with Gasteiger partial charge in [-0.25, -0.2) is 23.4 Å². The number of alkyl halides is 2. The third-order valence-corrected chi connectivity index (χ3v) is 7.10. The Morgan fingerprint density at radius 1 is 1.14 bits per heavy atom. The molecule has 0 amide bonds. The minimum absolute atomic E-state index is 0.199. The van der Waals surface area contributed by atoms with E-state index in [2.05, 4.69) is 43.5 Å². The highest BCUT2D eigenvalue weighted by Gasteiger charge is 2.32. The molecule has 6 rings (SSSR count). The van der Waals surface area contributed by atoms with Crippen LogP contribution in [-0.2, 0) is 4.74 Å². The number of pyridine rings is 1. The number of hydrogen-bond donors (Lipinski definition) is 1. The Hall–Kier alpha value is -3.88. The molecule has 1 N–H and O–H groups in total. The van der Waals surface area contributed by atoms with Crippen molar-refractivity contribution in [3.8, 4) is 17.7 Å². The van der Waals surface area contributed by atoms with Gasteiger partial charge in [0.2, 0.25) is 0 Å². The topological polar surface area (TPSA) is 96.8 Å². The van der Waals surface area contributed by atoms with Gasteiger partial charge < -0.3 is 15.0 Å². The van der Waals surface area contributed by atoms with E-state index in [9.17, 15) is 14.0 Å². The summed E-state index contributed by atoms with van der Waals surface area (Å²) in [5, 5.41) is 17.0. The number of aromatic nitrogens is 5. The minimum atomic E-state index is -2.71. The van der Waals surface area contributed by atoms with Gasteiger partial charge in [-0.2, -0.15) is 10.4 Å². The van der Waals surface area contributed by atoms with Crippen LogP contribution in [0.3, 0.4) is 0 Å². The number of nitrogens with zero attached hydrogens (tertiary/aromatic N) is 7. The molecule has 1 aromatic carbocycles. The van der Waals surface area contributed by atoms with E-state index in [1.165, 1.54) is 10.7 Å². The van der Waals surface area contributed by atoms with Crippen molar-refractivity contribution in [1.29, 1.82) is 5.26 Å². The first-order chi connectivity index (χ1) is 18.0. The van der Waals surface area contributed by atoms with Gasteiger partial charge in [-0.3, -0.25) is 4.57 Å². The highest BCUT2D eigenvalue weighted by molar-refractivity contribution is 5.81. The second kappa shape index (κ2) is 9.53. The SMILES string of the molecule is Cc1cc(C(F)F)nn1-c1nc(-n2cnc3cc(N(C4CCNCC4)C4COC4)ccc32)ccc1C#N. The van der Waals surface area contributed by atoms with E-state index in [1.54, 1.807) is 25.4 Å². The van der Waals surface area contributed by atoms with Crippen molar-refractivity contribution in [1.82, 2.24) is 29.6 Å². The first-order valence-corrected chi connectivity index (χ1v) is 12.3. The molecule has 0 radical (unpaired) electrons. The molecule has 2 fully saturated rings. The van der Waals surface area contributed by atoms with Crippen LogP contribution in [0.5, 0.6) is 0 Å². The van der Waals surface area contributed by atoms with Gasteiger partial charge in [0.1, 0.15) is 23.9 Å². The molecular formula is C26H26F2N8O. The van der Waals surface area contributed by atoms with E-state index in [0.717, 1.165) is 55.9 Å². The van der Waals surface area contributed by atoms with Crippen molar-refractivity contribution < 1.29 is 13.5 Å². The maximum absolute atomic E-state index is 13.2. The molecular weight excluding hydrogens is 478 g/mol. The summed E-state index contributed by atoms with van der Waals surface area (Å²) >= 11 is 0. The number of ether oxygens (including phenoxy) is 1. The fourth-order valence-corrected chi connectivity index (χ4v) is 5.17. The predicted octanol–water partition coefficient (Wildman–Crippen LogP) is 3.68. The largest absolute Gasteiger partial charge is 0.377 e. The van der Waals surface area contributed by atoms with Gasteiger partial charge in [-0.1, -0.05) is 0 Å². The number of benzene rings is 1. The molecule has 2 saturated heterocycles. The Labute approximate surface area is 212 Å². The van der Waals surface area contributed by atoms with Crippen LogP contribution in [0.1, 0.15) is 36.2 Å². The highest BCUT2D eigenvalue weighted by Crippen LogP contribution is 2.31. The molecule has 0 atom stereocenters. The standard InChI is InChI=1S/C26H26F2N8O/c1-16-10-22(25(27)28)33-36(16)26-17(12-29)2-5-24(32-26)34-15-31-21-11-19(3-4-23(21)34)35(20-13-37-14-20)18-6-8-30-9-7-18/h2-5,10-11,15,18,20,25,30H,6-9,13-14H2,1H3. The zero-order valence-electron chi connectivity index (χ0n) is 20.3. The second-order valence-corrected chi connectivity index (χ2v) is 9.44. The molecule has 2 aliphatic heterocycles. The molecule has 0 saturated carbocycles. The van der Waals surface area contributed by atoms with Gasteiger partial charge in [0.15, 0.2) is 5.82 Å². The number of piperidine rings is 1. The number of fused-ring (bicyclic) bond motifs is 1. The first kappa shape index (κ1) is 23.5. The first-order valence-electron chi connectivity index (χ1n) is 12.3. The normalized spacial score (nSPS) is 16.7. The smallest absolute Gasteiger partial charge is 0.282 e. The summed E-state index contributed by atoms with van der Waals surface area (Å²) in [7, 11) is 0. The third-order valence-electron chi connectivity index (χ3n) is 7.10. The Bertz CT molecular complexity index is 1480. The van der Waals surface area contributed by atoms with Crippen molar-refractivity contribution in [3.63, 3.8) is 0 Å². The molecule has 190 valence electrons. The molecule has 4 aromatic rings. The summed E-state index contributed by atoms with van der Waals surface area (Å²) in [6.07, 6.45) is 1.15. The maximum atomic E-state index is 13.2. The number of imidazole rings is 1. The number of hydrogen-bond acceptors (Lipinski definition) is 7. The Morgan fingerprint density at radius 2 is 1.95 bits per heavy atom. The molecule has 2 aliphatic rings. The zero-order valence-corrected chi connectivity index (χ0v) is 20.3. The van der Waals surface area contributed by atoms with Gasteiger partial charge in [0, 0.05) is 17.4 Å². The molecule has 0 bridgehead atoms. The lowest BCUT2D eigenvalue weighted by Gasteiger charge is -2.45. The van der Waals surface area contributed by atoms with Crippen LogP contribution in [0.4, 0.5) is 14.5 Å². The monoisotopic (exact) mass is 504 g/mol. The van der Waals surface area contributed by atoms with Crippen LogP contribution >= 0.6 is 0 Å². The zero-order chi connectivity index (χ0) is 25.5. The highest BCUT2D eigenvalue weighted by atomic mass is 19.3. The number of nitrogens with one attached hydrogen (secondary N) is 1. The van der Waals surface area contributed by atoms with E-state index >= 15 is 0 Å². The van der Waals surface area contributed by atoms with E-state index in [1.807, 2.05) is 10.6 Å². The Morgan fingerprint density at radius 3 is 2.62 bits per heavy atom. The van der Waals surface area contributed by atoms with Gasteiger partial charge in [0.05, 0.1) is 35.9 Å². The summed E-state index contributed by atoms with van der Waals surface area (Å²) in [6, 6.07) is 13.8. The van der Waals surface area contributed by atoms with Gasteiger partial charge in [0.25, 0.3) is 6.43 Å². The van der Waals surface area contributed by atoms with Crippen LogP contribution in [0, 0.1) is 18.3 Å². The maximum Gasteiger partial charge on any atom is 0.282 e. The molecule has 3 aromatic heterocycles. The Kier molecular flexibility index (Phi) is 6.06. The van der Waals surface area contributed by atoms with Crippen molar-refractivity contribution in [3.05, 3.63) is 59.7 Å². The van der Waals surface area contributed by atoms with Crippen LogP contribution in [0.2, 0.25) is 0 Å². The van der Waals surface area contributed by atoms with Crippen LogP contribution in [0.15, 0.2) is 42.7 Å². The van der Waals surface area contributed by atoms with Crippen molar-refractivity contribution in [2.24, 2.45) is 0 Å². The van der Waals surface area contributed by atoms with Gasteiger partial charge in [-0.15, -0.1) is 0 Å². The van der Waals surface area contributed by atoms with Gasteiger partial charge in [-0.05, 0) is 69.3 Å². The van der Waals surface area contributed by atoms with E-state index < -0.39 is 6.43 Å². The molecule has 0 aliphatic carbocycles. The van der Waals surface area contributed by atoms with E-state index in [0.29, 0.717) is 23.6 Å². The molecule has 0 unspecified atom stereocenters. The number of aryl methyl sites for hydroxylation is 1. The molecule has 0 spiro atoms. The quantitative estimate of drug-likeness (QED) is 0.428. The third kappa shape index (κ3) is 4.22. The van der Waals surface area contributed by atoms with E-state index in [4.69, 9.17) is 4.74 Å². The Balaban J connectivity index is 1.38. The summed E-state index contributed by atoms with van der Waals surface area (Å²) < 4.78 is 35.1. The summed E-state index contributed by atoms with van der Waals surface area (Å²) in [5.74, 6) is 0.713. The molecule has 11 heteroatoms. The predicted molar refractivity (Wildman–Crippen MR) is 133 cm³/mol. The summed E-state index contributed by atoms with van der Waals surface area (Å²) in [4.78, 5) is 11.8.